The molecule has 1 saturated heterocycles. The Bertz CT molecular complexity index is 1270. The highest BCUT2D eigenvalue weighted by Crippen LogP contribution is 2.19. The minimum Gasteiger partial charge on any atom is -0.472 e. The van der Waals surface area contributed by atoms with E-state index in [2.05, 4.69) is 15.4 Å². The van der Waals surface area contributed by atoms with Crippen LogP contribution in [0.4, 0.5) is 5.69 Å². The van der Waals surface area contributed by atoms with Gasteiger partial charge in [0.05, 0.1) is 54.0 Å². The molecule has 35 heavy (non-hydrogen) atoms. The van der Waals surface area contributed by atoms with Gasteiger partial charge in [-0.25, -0.2) is 4.68 Å². The van der Waals surface area contributed by atoms with Gasteiger partial charge >= 0.3 is 0 Å². The first-order valence-electron chi connectivity index (χ1n) is 11.5. The largest absolute Gasteiger partial charge is 0.472 e. The number of carbonyl (C=O) groups excluding carboxylic acids is 2. The molecule has 178 valence electrons. The molecule has 9 nitrogen and oxygen atoms in total. The van der Waals surface area contributed by atoms with Crippen LogP contribution < -0.4 is 5.32 Å². The Morgan fingerprint density at radius 1 is 1.11 bits per heavy atom. The summed E-state index contributed by atoms with van der Waals surface area (Å²) in [6, 6.07) is 14.6. The standard InChI is InChI=1S/C26H25N5O4/c32-25(20-10-13-34-17-20)29-22-14-28-31(15-22)23-8-6-19(7-9-23)26(33)30-12-3-5-24(16-30)35-18-21-4-1-2-11-27-21/h1-2,4,6-11,13-15,17,24H,3,5,12,16,18H2,(H,29,32). The van der Waals surface area contributed by atoms with Crippen LogP contribution in [-0.2, 0) is 11.3 Å². The number of piperidine rings is 1. The molecule has 0 saturated carbocycles. The smallest absolute Gasteiger partial charge is 0.259 e. The van der Waals surface area contributed by atoms with Gasteiger partial charge in [0.2, 0.25) is 0 Å². The molecule has 4 aromatic rings. The van der Waals surface area contributed by atoms with Crippen LogP contribution in [-0.4, -0.2) is 50.7 Å². The van der Waals surface area contributed by atoms with Crippen LogP contribution in [0.1, 0.15) is 39.3 Å². The third-order valence-electron chi connectivity index (χ3n) is 5.86. The zero-order valence-corrected chi connectivity index (χ0v) is 19.0. The molecule has 0 spiro atoms. The first-order valence-corrected chi connectivity index (χ1v) is 11.5. The number of pyridine rings is 1. The topological polar surface area (TPSA) is 102 Å². The van der Waals surface area contributed by atoms with E-state index in [4.69, 9.17) is 9.15 Å². The normalized spacial score (nSPS) is 15.7. The second-order valence-electron chi connectivity index (χ2n) is 8.33. The van der Waals surface area contributed by atoms with Gasteiger partial charge in [0.15, 0.2) is 0 Å². The van der Waals surface area contributed by atoms with Crippen LogP contribution in [0, 0.1) is 0 Å². The Kier molecular flexibility index (Phi) is 6.67. The zero-order valence-electron chi connectivity index (χ0n) is 19.0. The summed E-state index contributed by atoms with van der Waals surface area (Å²) in [6.45, 7) is 1.71. The lowest BCUT2D eigenvalue weighted by atomic mass is 10.1. The van der Waals surface area contributed by atoms with Crippen molar-refractivity contribution in [2.45, 2.75) is 25.6 Å². The van der Waals surface area contributed by atoms with Gasteiger partial charge in [-0.1, -0.05) is 6.07 Å². The number of furan rings is 1. The summed E-state index contributed by atoms with van der Waals surface area (Å²) in [5.74, 6) is -0.292. The number of nitrogens with zero attached hydrogens (tertiary/aromatic N) is 4. The molecule has 0 bridgehead atoms. The van der Waals surface area contributed by atoms with E-state index in [0.717, 1.165) is 24.2 Å². The number of likely N-dealkylation sites (tertiary alicyclic amines) is 1. The number of carbonyl (C=O) groups is 2. The fourth-order valence-electron chi connectivity index (χ4n) is 4.01. The van der Waals surface area contributed by atoms with Gasteiger partial charge in [-0.15, -0.1) is 0 Å². The summed E-state index contributed by atoms with van der Waals surface area (Å²) in [5, 5.41) is 7.08. The lowest BCUT2D eigenvalue weighted by Crippen LogP contribution is -2.43. The summed E-state index contributed by atoms with van der Waals surface area (Å²) < 4.78 is 12.6. The third-order valence-corrected chi connectivity index (χ3v) is 5.86. The minimum atomic E-state index is -0.275. The highest BCUT2D eigenvalue weighted by Gasteiger charge is 2.25. The predicted octanol–water partition coefficient (Wildman–Crippen LogP) is 3.93. The summed E-state index contributed by atoms with van der Waals surface area (Å²) in [6.07, 6.45) is 9.67. The quantitative estimate of drug-likeness (QED) is 0.438. The summed E-state index contributed by atoms with van der Waals surface area (Å²) in [7, 11) is 0. The Morgan fingerprint density at radius 2 is 2.00 bits per heavy atom. The van der Waals surface area contributed by atoms with E-state index in [1.165, 1.54) is 12.5 Å². The molecule has 1 aromatic carbocycles. The van der Waals surface area contributed by atoms with E-state index < -0.39 is 0 Å². The van der Waals surface area contributed by atoms with Crippen molar-refractivity contribution in [2.24, 2.45) is 0 Å². The molecule has 1 unspecified atom stereocenters. The molecule has 1 fully saturated rings. The zero-order chi connectivity index (χ0) is 24.0. The number of anilines is 1. The van der Waals surface area contributed by atoms with Crippen molar-refractivity contribution in [3.63, 3.8) is 0 Å². The van der Waals surface area contributed by atoms with Crippen LogP contribution >= 0.6 is 0 Å². The van der Waals surface area contributed by atoms with Crippen molar-refractivity contribution in [3.05, 3.63) is 96.5 Å². The first kappa shape index (κ1) is 22.5. The van der Waals surface area contributed by atoms with E-state index in [9.17, 15) is 9.59 Å². The first-order chi connectivity index (χ1) is 17.2. The highest BCUT2D eigenvalue weighted by atomic mass is 16.5. The van der Waals surface area contributed by atoms with Gasteiger partial charge in [0.1, 0.15) is 6.26 Å². The number of nitrogens with one attached hydrogen (secondary N) is 1. The van der Waals surface area contributed by atoms with E-state index in [1.54, 1.807) is 41.5 Å². The van der Waals surface area contributed by atoms with Gasteiger partial charge in [-0.2, -0.15) is 5.10 Å². The monoisotopic (exact) mass is 471 g/mol. The molecule has 1 aliphatic heterocycles. The van der Waals surface area contributed by atoms with Crippen molar-refractivity contribution in [2.75, 3.05) is 18.4 Å². The SMILES string of the molecule is O=C(Nc1cnn(-c2ccc(C(=O)N3CCCC(OCc4ccccn4)C3)cc2)c1)c1ccoc1. The maximum Gasteiger partial charge on any atom is 0.259 e. The van der Waals surface area contributed by atoms with Crippen molar-refractivity contribution in [3.8, 4) is 5.69 Å². The molecular formula is C26H25N5O4. The van der Waals surface area contributed by atoms with E-state index in [-0.39, 0.29) is 17.9 Å². The van der Waals surface area contributed by atoms with Gasteiger partial charge < -0.3 is 19.4 Å². The molecule has 5 rings (SSSR count). The molecule has 2 amide bonds. The van der Waals surface area contributed by atoms with Crippen LogP contribution in [0.5, 0.6) is 0 Å². The molecule has 0 aliphatic carbocycles. The maximum atomic E-state index is 13.1. The molecule has 0 radical (unpaired) electrons. The summed E-state index contributed by atoms with van der Waals surface area (Å²) in [4.78, 5) is 31.4. The minimum absolute atomic E-state index is 0.00580. The second-order valence-corrected chi connectivity index (χ2v) is 8.33. The highest BCUT2D eigenvalue weighted by molar-refractivity contribution is 6.03. The molecule has 1 N–H and O–H groups in total. The Hall–Kier alpha value is -4.24. The number of hydrogen-bond donors (Lipinski definition) is 1. The average molecular weight is 472 g/mol. The molecule has 1 atom stereocenters. The average Bonchev–Trinajstić information content (AvgIpc) is 3.61. The van der Waals surface area contributed by atoms with Crippen LogP contribution in [0.25, 0.3) is 5.69 Å². The molecule has 4 heterocycles. The lowest BCUT2D eigenvalue weighted by molar-refractivity contribution is -0.00785. The van der Waals surface area contributed by atoms with Crippen molar-refractivity contribution >= 4 is 17.5 Å². The number of amides is 2. The Morgan fingerprint density at radius 3 is 2.77 bits per heavy atom. The van der Waals surface area contributed by atoms with Crippen molar-refractivity contribution in [1.82, 2.24) is 19.7 Å². The molecule has 9 heteroatoms. The number of aromatic nitrogens is 3. The summed E-state index contributed by atoms with van der Waals surface area (Å²) >= 11 is 0. The van der Waals surface area contributed by atoms with Crippen molar-refractivity contribution < 1.29 is 18.7 Å². The molecular weight excluding hydrogens is 446 g/mol. The second kappa shape index (κ2) is 10.4. The van der Waals surface area contributed by atoms with Gasteiger partial charge in [0, 0.05) is 24.8 Å². The molecule has 1 aliphatic rings. The van der Waals surface area contributed by atoms with Gasteiger partial charge in [-0.3, -0.25) is 14.6 Å². The van der Waals surface area contributed by atoms with E-state index in [1.807, 2.05) is 35.2 Å². The number of hydrogen-bond acceptors (Lipinski definition) is 6. The van der Waals surface area contributed by atoms with Crippen LogP contribution in [0.15, 0.2) is 84.1 Å². The van der Waals surface area contributed by atoms with E-state index in [0.29, 0.717) is 36.5 Å². The van der Waals surface area contributed by atoms with E-state index >= 15 is 0 Å². The van der Waals surface area contributed by atoms with Crippen LogP contribution in [0.2, 0.25) is 0 Å². The van der Waals surface area contributed by atoms with Gasteiger partial charge in [0.25, 0.3) is 11.8 Å². The number of ether oxygens (including phenoxy) is 1. The van der Waals surface area contributed by atoms with Crippen molar-refractivity contribution in [1.29, 1.82) is 0 Å². The molecule has 3 aromatic heterocycles. The fraction of sp³-hybridized carbons (Fsp3) is 0.231. The Labute approximate surface area is 202 Å². The number of rotatable bonds is 7. The number of benzene rings is 1. The lowest BCUT2D eigenvalue weighted by Gasteiger charge is -2.32. The van der Waals surface area contributed by atoms with Gasteiger partial charge in [-0.05, 0) is 55.3 Å². The van der Waals surface area contributed by atoms with Crippen LogP contribution in [0.3, 0.4) is 0 Å². The predicted molar refractivity (Wildman–Crippen MR) is 128 cm³/mol. The third kappa shape index (κ3) is 5.47. The summed E-state index contributed by atoms with van der Waals surface area (Å²) in [5.41, 5.74) is 3.26. The maximum absolute atomic E-state index is 13.1. The fourth-order valence-corrected chi connectivity index (χ4v) is 4.01. The Balaban J connectivity index is 1.18.